The number of hydrogen-bond acceptors (Lipinski definition) is 4. The average Bonchev–Trinajstić information content (AvgIpc) is 3.06. The van der Waals surface area contributed by atoms with Crippen LogP contribution >= 0.6 is 11.3 Å². The molecule has 0 aliphatic rings. The van der Waals surface area contributed by atoms with Crippen molar-refractivity contribution in [2.24, 2.45) is 0 Å². The van der Waals surface area contributed by atoms with E-state index >= 15 is 0 Å². The standard InChI is InChI=1S/C17H22N2O2S/c1-18(2)11-12-19(3)16(20)17(21,15-10-7-13-22-15)14-8-5-4-6-9-14/h4-10,13,21H,11-12H2,1-3H3. The lowest BCUT2D eigenvalue weighted by molar-refractivity contribution is -0.146. The highest BCUT2D eigenvalue weighted by atomic mass is 32.1. The number of thiophene rings is 1. The maximum atomic E-state index is 12.9. The van der Waals surface area contributed by atoms with Gasteiger partial charge in [-0.05, 0) is 31.1 Å². The van der Waals surface area contributed by atoms with Gasteiger partial charge in [0.15, 0.2) is 0 Å². The molecule has 1 aromatic heterocycles. The molecule has 22 heavy (non-hydrogen) atoms. The zero-order valence-electron chi connectivity index (χ0n) is 13.2. The summed E-state index contributed by atoms with van der Waals surface area (Å²) < 4.78 is 0. The molecule has 118 valence electrons. The van der Waals surface area contributed by atoms with Crippen molar-refractivity contribution in [2.45, 2.75) is 5.60 Å². The highest BCUT2D eigenvalue weighted by Crippen LogP contribution is 2.34. The highest BCUT2D eigenvalue weighted by molar-refractivity contribution is 7.10. The van der Waals surface area contributed by atoms with Gasteiger partial charge in [0.25, 0.3) is 5.91 Å². The van der Waals surface area contributed by atoms with Crippen LogP contribution in [-0.4, -0.2) is 55.0 Å². The van der Waals surface area contributed by atoms with Crippen molar-refractivity contribution in [3.8, 4) is 0 Å². The van der Waals surface area contributed by atoms with Crippen molar-refractivity contribution in [3.05, 3.63) is 58.3 Å². The second-order valence-electron chi connectivity index (χ2n) is 5.58. The topological polar surface area (TPSA) is 43.8 Å². The fourth-order valence-corrected chi connectivity index (χ4v) is 3.10. The first-order chi connectivity index (χ1) is 10.5. The van der Waals surface area contributed by atoms with Crippen LogP contribution in [-0.2, 0) is 10.4 Å². The van der Waals surface area contributed by atoms with Crippen molar-refractivity contribution in [2.75, 3.05) is 34.2 Å². The minimum atomic E-state index is -1.63. The zero-order chi connectivity index (χ0) is 16.2. The number of aliphatic hydroxyl groups is 1. The van der Waals surface area contributed by atoms with E-state index in [-0.39, 0.29) is 5.91 Å². The summed E-state index contributed by atoms with van der Waals surface area (Å²) in [6, 6.07) is 12.8. The molecule has 0 saturated carbocycles. The Balaban J connectivity index is 2.36. The molecule has 0 aliphatic carbocycles. The highest BCUT2D eigenvalue weighted by Gasteiger charge is 2.42. The number of carbonyl (C=O) groups excluding carboxylic acids is 1. The summed E-state index contributed by atoms with van der Waals surface area (Å²) in [6.45, 7) is 1.31. The molecule has 0 bridgehead atoms. The minimum Gasteiger partial charge on any atom is -0.371 e. The summed E-state index contributed by atoms with van der Waals surface area (Å²) in [5.41, 5.74) is -1.03. The Bertz CT molecular complexity index is 598. The van der Waals surface area contributed by atoms with Gasteiger partial charge in [-0.15, -0.1) is 11.3 Å². The fourth-order valence-electron chi connectivity index (χ4n) is 2.26. The van der Waals surface area contributed by atoms with Crippen molar-refractivity contribution in [1.29, 1.82) is 0 Å². The van der Waals surface area contributed by atoms with Gasteiger partial charge in [-0.3, -0.25) is 4.79 Å². The van der Waals surface area contributed by atoms with Crippen LogP contribution in [0.2, 0.25) is 0 Å². The smallest absolute Gasteiger partial charge is 0.264 e. The van der Waals surface area contributed by atoms with E-state index < -0.39 is 5.60 Å². The summed E-state index contributed by atoms with van der Waals surface area (Å²) in [5, 5.41) is 13.1. The van der Waals surface area contributed by atoms with Gasteiger partial charge in [-0.25, -0.2) is 0 Å². The van der Waals surface area contributed by atoms with Gasteiger partial charge in [0.1, 0.15) is 0 Å². The summed E-state index contributed by atoms with van der Waals surface area (Å²) in [5.74, 6) is -0.303. The third kappa shape index (κ3) is 3.38. The quantitative estimate of drug-likeness (QED) is 0.886. The molecule has 0 aliphatic heterocycles. The van der Waals surface area contributed by atoms with E-state index in [9.17, 15) is 9.90 Å². The van der Waals surface area contributed by atoms with E-state index in [2.05, 4.69) is 0 Å². The zero-order valence-corrected chi connectivity index (χ0v) is 14.0. The Kier molecular flexibility index (Phi) is 5.34. The summed E-state index contributed by atoms with van der Waals surface area (Å²) in [7, 11) is 5.65. The summed E-state index contributed by atoms with van der Waals surface area (Å²) in [4.78, 5) is 17.2. The number of carbonyl (C=O) groups is 1. The molecule has 0 fully saturated rings. The van der Waals surface area contributed by atoms with E-state index in [1.807, 2.05) is 48.6 Å². The van der Waals surface area contributed by atoms with Crippen molar-refractivity contribution in [3.63, 3.8) is 0 Å². The lowest BCUT2D eigenvalue weighted by Gasteiger charge is -2.31. The Morgan fingerprint density at radius 1 is 1.09 bits per heavy atom. The van der Waals surface area contributed by atoms with Crippen molar-refractivity contribution >= 4 is 17.2 Å². The van der Waals surface area contributed by atoms with Crippen LogP contribution < -0.4 is 0 Å². The number of hydrogen-bond donors (Lipinski definition) is 1. The molecule has 1 atom stereocenters. The Labute approximate surface area is 135 Å². The van der Waals surface area contributed by atoms with E-state index in [4.69, 9.17) is 0 Å². The fraction of sp³-hybridized carbons (Fsp3) is 0.353. The molecule has 2 rings (SSSR count). The molecule has 1 N–H and O–H groups in total. The van der Waals surface area contributed by atoms with Gasteiger partial charge < -0.3 is 14.9 Å². The van der Waals surface area contributed by atoms with Gasteiger partial charge in [0.2, 0.25) is 5.60 Å². The van der Waals surface area contributed by atoms with Gasteiger partial charge in [0, 0.05) is 20.1 Å². The van der Waals surface area contributed by atoms with E-state index in [1.165, 1.54) is 11.3 Å². The van der Waals surface area contributed by atoms with E-state index in [1.54, 1.807) is 30.1 Å². The monoisotopic (exact) mass is 318 g/mol. The third-order valence-electron chi connectivity index (χ3n) is 3.61. The molecule has 1 aromatic carbocycles. The number of rotatable bonds is 6. The first kappa shape index (κ1) is 16.7. The molecular weight excluding hydrogens is 296 g/mol. The van der Waals surface area contributed by atoms with Gasteiger partial charge >= 0.3 is 0 Å². The second-order valence-corrected chi connectivity index (χ2v) is 6.53. The Morgan fingerprint density at radius 3 is 2.32 bits per heavy atom. The predicted octanol–water partition coefficient (Wildman–Crippen LogP) is 2.00. The minimum absolute atomic E-state index is 0.303. The van der Waals surface area contributed by atoms with Gasteiger partial charge in [-0.1, -0.05) is 36.4 Å². The molecule has 0 spiro atoms. The number of nitrogens with zero attached hydrogens (tertiary/aromatic N) is 2. The van der Waals surface area contributed by atoms with Crippen LogP contribution in [0.25, 0.3) is 0 Å². The van der Waals surface area contributed by atoms with Crippen LogP contribution in [0, 0.1) is 0 Å². The molecule has 5 heteroatoms. The normalized spacial score (nSPS) is 13.9. The van der Waals surface area contributed by atoms with E-state index in [0.717, 1.165) is 6.54 Å². The molecule has 2 aromatic rings. The van der Waals surface area contributed by atoms with Crippen LogP contribution in [0.3, 0.4) is 0 Å². The first-order valence-corrected chi connectivity index (χ1v) is 8.06. The molecule has 4 nitrogen and oxygen atoms in total. The van der Waals surface area contributed by atoms with Gasteiger partial charge in [-0.2, -0.15) is 0 Å². The maximum Gasteiger partial charge on any atom is 0.264 e. The Morgan fingerprint density at radius 2 is 1.77 bits per heavy atom. The second kappa shape index (κ2) is 7.05. The Hall–Kier alpha value is -1.69. The molecule has 1 amide bonds. The molecule has 1 unspecified atom stereocenters. The number of likely N-dealkylation sites (N-methyl/N-ethyl adjacent to an activating group) is 2. The van der Waals surface area contributed by atoms with Crippen molar-refractivity contribution < 1.29 is 9.90 Å². The first-order valence-electron chi connectivity index (χ1n) is 7.18. The molecular formula is C17H22N2O2S. The molecule has 0 radical (unpaired) electrons. The average molecular weight is 318 g/mol. The SMILES string of the molecule is CN(C)CCN(C)C(=O)C(O)(c1ccccc1)c1cccs1. The third-order valence-corrected chi connectivity index (χ3v) is 4.59. The number of amides is 1. The van der Waals surface area contributed by atoms with E-state index in [0.29, 0.717) is 17.0 Å². The van der Waals surface area contributed by atoms with Crippen LogP contribution in [0.4, 0.5) is 0 Å². The lowest BCUT2D eigenvalue weighted by atomic mass is 9.90. The maximum absolute atomic E-state index is 12.9. The lowest BCUT2D eigenvalue weighted by Crippen LogP contribution is -2.47. The van der Waals surface area contributed by atoms with Crippen LogP contribution in [0.1, 0.15) is 10.4 Å². The molecule has 0 saturated heterocycles. The number of benzene rings is 1. The van der Waals surface area contributed by atoms with Crippen LogP contribution in [0.5, 0.6) is 0 Å². The summed E-state index contributed by atoms with van der Waals surface area (Å²) in [6.07, 6.45) is 0. The largest absolute Gasteiger partial charge is 0.371 e. The van der Waals surface area contributed by atoms with Gasteiger partial charge in [0.05, 0.1) is 4.88 Å². The summed E-state index contributed by atoms with van der Waals surface area (Å²) >= 11 is 1.39. The predicted molar refractivity (Wildman–Crippen MR) is 90.0 cm³/mol. The molecule has 1 heterocycles. The van der Waals surface area contributed by atoms with Crippen LogP contribution in [0.15, 0.2) is 47.8 Å². The van der Waals surface area contributed by atoms with Crippen molar-refractivity contribution in [1.82, 2.24) is 9.80 Å².